The number of nitrogens with one attached hydrogen (secondary N) is 1. The fourth-order valence-corrected chi connectivity index (χ4v) is 2.64. The Balaban J connectivity index is 3.21. The molecule has 0 aromatic heterocycles. The molecule has 0 aliphatic rings. The Kier molecular flexibility index (Phi) is 4.30. The van der Waals surface area contributed by atoms with Gasteiger partial charge in [0.05, 0.1) is 5.54 Å². The summed E-state index contributed by atoms with van der Waals surface area (Å²) in [5, 5.41) is 0.882. The van der Waals surface area contributed by atoms with E-state index in [0.717, 1.165) is 15.4 Å². The lowest BCUT2D eigenvalue weighted by atomic mass is 9.94. The number of halogens is 1. The van der Waals surface area contributed by atoms with Crippen molar-refractivity contribution in [3.63, 3.8) is 0 Å². The molecule has 1 atom stereocenters. The van der Waals surface area contributed by atoms with E-state index in [4.69, 9.17) is 0 Å². The van der Waals surface area contributed by atoms with E-state index in [9.17, 15) is 8.42 Å². The molecule has 0 saturated heterocycles. The Hall–Kier alpha value is -0.910. The third-order valence-corrected chi connectivity index (χ3v) is 4.05. The van der Waals surface area contributed by atoms with Gasteiger partial charge in [0, 0.05) is 9.88 Å². The van der Waals surface area contributed by atoms with E-state index in [-0.39, 0.29) is 0 Å². The lowest BCUT2D eigenvalue weighted by Crippen LogP contribution is -2.40. The van der Waals surface area contributed by atoms with E-state index in [1.165, 1.54) is 0 Å². The maximum atomic E-state index is 11.5. The summed E-state index contributed by atoms with van der Waals surface area (Å²) < 4.78 is 26.5. The standard InChI is InChI=1S/C12H14BrNO2S/c1-4-12(3,14-17(15,16)5-2)10-7-6-8-11(13)9-10/h4-9,14H,1-2H2,3H3. The van der Waals surface area contributed by atoms with Crippen LogP contribution in [0.25, 0.3) is 0 Å². The quantitative estimate of drug-likeness (QED) is 0.849. The molecule has 5 heteroatoms. The number of benzene rings is 1. The van der Waals surface area contributed by atoms with Crippen molar-refractivity contribution < 1.29 is 8.42 Å². The van der Waals surface area contributed by atoms with E-state index in [1.807, 2.05) is 24.3 Å². The van der Waals surface area contributed by atoms with Crippen LogP contribution in [-0.4, -0.2) is 8.42 Å². The summed E-state index contributed by atoms with van der Waals surface area (Å²) in [6, 6.07) is 7.38. The molecule has 1 aromatic rings. The minimum absolute atomic E-state index is 0.798. The predicted octanol–water partition coefficient (Wildman–Crippen LogP) is 2.91. The monoisotopic (exact) mass is 315 g/mol. The lowest BCUT2D eigenvalue weighted by molar-refractivity contribution is 0.523. The van der Waals surface area contributed by atoms with Gasteiger partial charge in [0.1, 0.15) is 0 Å². The molecule has 1 aromatic carbocycles. The van der Waals surface area contributed by atoms with Crippen LogP contribution in [0.4, 0.5) is 0 Å². The Morgan fingerprint density at radius 3 is 2.53 bits per heavy atom. The molecule has 0 fully saturated rings. The van der Waals surface area contributed by atoms with Gasteiger partial charge in [-0.3, -0.25) is 0 Å². The fraction of sp³-hybridized carbons (Fsp3) is 0.167. The number of rotatable bonds is 5. The first-order chi connectivity index (χ1) is 7.83. The summed E-state index contributed by atoms with van der Waals surface area (Å²) >= 11 is 3.35. The van der Waals surface area contributed by atoms with Gasteiger partial charge in [0.15, 0.2) is 0 Å². The van der Waals surface area contributed by atoms with Gasteiger partial charge in [0.2, 0.25) is 10.0 Å². The van der Waals surface area contributed by atoms with Crippen LogP contribution in [0.15, 0.2) is 53.4 Å². The van der Waals surface area contributed by atoms with Crippen molar-refractivity contribution in [3.05, 3.63) is 58.9 Å². The van der Waals surface area contributed by atoms with Crippen molar-refractivity contribution in [2.24, 2.45) is 0 Å². The molecule has 0 bridgehead atoms. The number of hydrogen-bond donors (Lipinski definition) is 1. The van der Waals surface area contributed by atoms with Crippen LogP contribution in [0.2, 0.25) is 0 Å². The molecular weight excluding hydrogens is 302 g/mol. The molecule has 3 nitrogen and oxygen atoms in total. The van der Waals surface area contributed by atoms with Gasteiger partial charge in [-0.15, -0.1) is 6.58 Å². The average Bonchev–Trinajstić information content (AvgIpc) is 2.28. The van der Waals surface area contributed by atoms with Crippen molar-refractivity contribution in [1.29, 1.82) is 0 Å². The molecule has 0 amide bonds. The summed E-state index contributed by atoms with van der Waals surface area (Å²) in [6.45, 7) is 8.69. The summed E-state index contributed by atoms with van der Waals surface area (Å²) in [7, 11) is -3.52. The molecular formula is C12H14BrNO2S. The second-order valence-corrected chi connectivity index (χ2v) is 6.27. The van der Waals surface area contributed by atoms with Crippen LogP contribution in [0.5, 0.6) is 0 Å². The van der Waals surface area contributed by atoms with Gasteiger partial charge in [-0.2, -0.15) is 4.72 Å². The maximum Gasteiger partial charge on any atom is 0.234 e. The molecule has 0 aliphatic heterocycles. The van der Waals surface area contributed by atoms with Crippen molar-refractivity contribution >= 4 is 26.0 Å². The average molecular weight is 316 g/mol. The minimum Gasteiger partial charge on any atom is -0.208 e. The van der Waals surface area contributed by atoms with Gasteiger partial charge in [0.25, 0.3) is 0 Å². The Morgan fingerprint density at radius 1 is 1.41 bits per heavy atom. The van der Waals surface area contributed by atoms with E-state index < -0.39 is 15.6 Å². The van der Waals surface area contributed by atoms with Gasteiger partial charge in [-0.1, -0.05) is 40.7 Å². The first kappa shape index (κ1) is 14.2. The topological polar surface area (TPSA) is 46.2 Å². The van der Waals surface area contributed by atoms with Crippen LogP contribution >= 0.6 is 15.9 Å². The number of sulfonamides is 1. The fourth-order valence-electron chi connectivity index (χ4n) is 1.37. The van der Waals surface area contributed by atoms with Gasteiger partial charge in [-0.25, -0.2) is 8.42 Å². The lowest BCUT2D eigenvalue weighted by Gasteiger charge is -2.26. The van der Waals surface area contributed by atoms with Crippen LogP contribution in [0, 0.1) is 0 Å². The second-order valence-electron chi connectivity index (χ2n) is 3.73. The highest BCUT2D eigenvalue weighted by molar-refractivity contribution is 9.10. The minimum atomic E-state index is -3.52. The zero-order valence-electron chi connectivity index (χ0n) is 9.48. The SMILES string of the molecule is C=CC(C)(NS(=O)(=O)C=C)c1cccc(Br)c1. The number of hydrogen-bond acceptors (Lipinski definition) is 2. The highest BCUT2D eigenvalue weighted by Crippen LogP contribution is 2.25. The summed E-state index contributed by atoms with van der Waals surface area (Å²) in [6.07, 6.45) is 1.55. The largest absolute Gasteiger partial charge is 0.234 e. The Bertz CT molecular complexity index is 539. The first-order valence-electron chi connectivity index (χ1n) is 4.89. The zero-order valence-corrected chi connectivity index (χ0v) is 11.9. The Labute approximate surface area is 110 Å². The van der Waals surface area contributed by atoms with Crippen molar-refractivity contribution in [3.8, 4) is 0 Å². The molecule has 1 unspecified atom stereocenters. The molecule has 0 spiro atoms. The molecule has 17 heavy (non-hydrogen) atoms. The molecule has 92 valence electrons. The molecule has 0 saturated carbocycles. The second kappa shape index (κ2) is 5.16. The van der Waals surface area contributed by atoms with Crippen LogP contribution in [-0.2, 0) is 15.6 Å². The molecule has 1 rings (SSSR count). The maximum absolute atomic E-state index is 11.5. The van der Waals surface area contributed by atoms with Gasteiger partial charge in [-0.05, 0) is 24.6 Å². The first-order valence-corrected chi connectivity index (χ1v) is 7.23. The van der Waals surface area contributed by atoms with Crippen LogP contribution < -0.4 is 4.72 Å². The van der Waals surface area contributed by atoms with Crippen molar-refractivity contribution in [1.82, 2.24) is 4.72 Å². The summed E-state index contributed by atoms with van der Waals surface area (Å²) in [5.74, 6) is 0. The van der Waals surface area contributed by atoms with Crippen LogP contribution in [0.3, 0.4) is 0 Å². The normalized spacial score (nSPS) is 14.9. The van der Waals surface area contributed by atoms with Gasteiger partial charge < -0.3 is 0 Å². The summed E-state index contributed by atoms with van der Waals surface area (Å²) in [5.41, 5.74) is -0.0659. The summed E-state index contributed by atoms with van der Waals surface area (Å²) in [4.78, 5) is 0. The zero-order chi connectivity index (χ0) is 13.1. The molecule has 0 aliphatic carbocycles. The van der Waals surface area contributed by atoms with Crippen molar-refractivity contribution in [2.75, 3.05) is 0 Å². The van der Waals surface area contributed by atoms with E-state index in [1.54, 1.807) is 13.0 Å². The Morgan fingerprint density at radius 2 is 2.06 bits per heavy atom. The highest BCUT2D eigenvalue weighted by atomic mass is 79.9. The van der Waals surface area contributed by atoms with Crippen molar-refractivity contribution in [2.45, 2.75) is 12.5 Å². The third kappa shape index (κ3) is 3.52. The molecule has 0 heterocycles. The molecule has 0 radical (unpaired) electrons. The van der Waals surface area contributed by atoms with E-state index >= 15 is 0 Å². The van der Waals surface area contributed by atoms with Gasteiger partial charge >= 0.3 is 0 Å². The van der Waals surface area contributed by atoms with E-state index in [0.29, 0.717) is 0 Å². The van der Waals surface area contributed by atoms with E-state index in [2.05, 4.69) is 33.8 Å². The highest BCUT2D eigenvalue weighted by Gasteiger charge is 2.27. The van der Waals surface area contributed by atoms with Crippen LogP contribution in [0.1, 0.15) is 12.5 Å². The predicted molar refractivity (Wildman–Crippen MR) is 73.9 cm³/mol. The molecule has 1 N–H and O–H groups in total. The third-order valence-electron chi connectivity index (χ3n) is 2.41. The smallest absolute Gasteiger partial charge is 0.208 e.